The van der Waals surface area contributed by atoms with Gasteiger partial charge in [-0.1, -0.05) is 19.9 Å². The second-order valence-electron chi connectivity index (χ2n) is 4.72. The summed E-state index contributed by atoms with van der Waals surface area (Å²) in [5.74, 6) is 0.155. The molecule has 82 valence electrons. The molecule has 0 aliphatic heterocycles. The Morgan fingerprint density at radius 2 is 2.13 bits per heavy atom. The van der Waals surface area contributed by atoms with E-state index in [2.05, 4.69) is 6.58 Å². The quantitative estimate of drug-likeness (QED) is 0.665. The van der Waals surface area contributed by atoms with Crippen LogP contribution in [0.4, 0.5) is 0 Å². The lowest BCUT2D eigenvalue weighted by atomic mass is 9.70. The molecule has 1 aliphatic carbocycles. The van der Waals surface area contributed by atoms with E-state index in [1.165, 1.54) is 0 Å². The Balaban J connectivity index is 3.17. The molecule has 0 aromatic rings. The van der Waals surface area contributed by atoms with E-state index in [1.54, 1.807) is 13.0 Å². The molecule has 0 aromatic carbocycles. The Labute approximate surface area is 91.1 Å². The molecule has 0 aromatic heterocycles. The second kappa shape index (κ2) is 4.13. The first-order valence-electron chi connectivity index (χ1n) is 5.29. The summed E-state index contributed by atoms with van der Waals surface area (Å²) in [6.07, 6.45) is 3.24. The van der Waals surface area contributed by atoms with Crippen LogP contribution in [0, 0.1) is 5.41 Å². The van der Waals surface area contributed by atoms with Gasteiger partial charge in [0.05, 0.1) is 0 Å². The first kappa shape index (κ1) is 11.9. The highest BCUT2D eigenvalue weighted by Crippen LogP contribution is 2.39. The maximum Gasteiger partial charge on any atom is 0.163 e. The van der Waals surface area contributed by atoms with E-state index in [0.717, 1.165) is 6.42 Å². The molecule has 0 spiro atoms. The molecule has 1 aliphatic rings. The van der Waals surface area contributed by atoms with Crippen LogP contribution in [0.3, 0.4) is 0 Å². The molecule has 0 saturated carbocycles. The third-order valence-corrected chi connectivity index (χ3v) is 3.06. The zero-order chi connectivity index (χ0) is 11.6. The predicted molar refractivity (Wildman–Crippen MR) is 60.5 cm³/mol. The van der Waals surface area contributed by atoms with Crippen LogP contribution in [-0.2, 0) is 9.59 Å². The van der Waals surface area contributed by atoms with Gasteiger partial charge in [0.2, 0.25) is 0 Å². The Morgan fingerprint density at radius 1 is 1.53 bits per heavy atom. The molecular formula is C13H18O2. The summed E-state index contributed by atoms with van der Waals surface area (Å²) in [6.45, 7) is 9.38. The zero-order valence-corrected chi connectivity index (χ0v) is 9.72. The van der Waals surface area contributed by atoms with Gasteiger partial charge >= 0.3 is 0 Å². The minimum absolute atomic E-state index is 0.0422. The number of ketones is 2. The van der Waals surface area contributed by atoms with Crippen molar-refractivity contribution in [3.8, 4) is 0 Å². The minimum atomic E-state index is -0.169. The maximum atomic E-state index is 11.9. The lowest BCUT2D eigenvalue weighted by Crippen LogP contribution is -2.29. The van der Waals surface area contributed by atoms with Crippen molar-refractivity contribution in [1.82, 2.24) is 0 Å². The molecule has 0 N–H and O–H groups in total. The summed E-state index contributed by atoms with van der Waals surface area (Å²) in [5, 5.41) is 0. The summed E-state index contributed by atoms with van der Waals surface area (Å²) in [6, 6.07) is 0. The van der Waals surface area contributed by atoms with Crippen molar-refractivity contribution < 1.29 is 9.59 Å². The summed E-state index contributed by atoms with van der Waals surface area (Å²) >= 11 is 0. The van der Waals surface area contributed by atoms with Gasteiger partial charge in [0.1, 0.15) is 0 Å². The largest absolute Gasteiger partial charge is 0.295 e. The van der Waals surface area contributed by atoms with Crippen LogP contribution in [0.1, 0.15) is 40.0 Å². The van der Waals surface area contributed by atoms with Crippen molar-refractivity contribution >= 4 is 11.6 Å². The molecule has 0 radical (unpaired) electrons. The van der Waals surface area contributed by atoms with Crippen LogP contribution in [0.15, 0.2) is 23.8 Å². The van der Waals surface area contributed by atoms with E-state index >= 15 is 0 Å². The highest BCUT2D eigenvalue weighted by Gasteiger charge is 2.35. The molecule has 15 heavy (non-hydrogen) atoms. The highest BCUT2D eigenvalue weighted by molar-refractivity contribution is 6.08. The number of hydrogen-bond donors (Lipinski definition) is 0. The van der Waals surface area contributed by atoms with Gasteiger partial charge in [0.25, 0.3) is 0 Å². The van der Waals surface area contributed by atoms with Crippen LogP contribution in [0.2, 0.25) is 0 Å². The van der Waals surface area contributed by atoms with Crippen LogP contribution in [0.25, 0.3) is 0 Å². The Hall–Kier alpha value is -1.18. The van der Waals surface area contributed by atoms with Crippen LogP contribution in [-0.4, -0.2) is 11.6 Å². The molecule has 2 nitrogen and oxygen atoms in total. The average Bonchev–Trinajstić information content (AvgIpc) is 2.12. The predicted octanol–water partition coefficient (Wildman–Crippen LogP) is 2.84. The lowest BCUT2D eigenvalue weighted by molar-refractivity contribution is -0.120. The van der Waals surface area contributed by atoms with E-state index in [4.69, 9.17) is 0 Å². The second-order valence-corrected chi connectivity index (χ2v) is 4.72. The fourth-order valence-corrected chi connectivity index (χ4v) is 2.21. The van der Waals surface area contributed by atoms with Crippen LogP contribution in [0.5, 0.6) is 0 Å². The van der Waals surface area contributed by atoms with Gasteiger partial charge < -0.3 is 0 Å². The molecular weight excluding hydrogens is 188 g/mol. The number of hydrogen-bond acceptors (Lipinski definition) is 2. The van der Waals surface area contributed by atoms with Gasteiger partial charge in [-0.25, -0.2) is 0 Å². The standard InChI is InChI=1S/C13H18O2/c1-5-6-11(15)12-9(2)10(14)7-8-13(12,3)4/h5H,1,6-8H2,2-4H3. The number of carbonyl (C=O) groups is 2. The van der Waals surface area contributed by atoms with E-state index in [1.807, 2.05) is 13.8 Å². The molecule has 0 fully saturated rings. The third-order valence-electron chi connectivity index (χ3n) is 3.06. The summed E-state index contributed by atoms with van der Waals surface area (Å²) < 4.78 is 0. The van der Waals surface area contributed by atoms with E-state index in [0.29, 0.717) is 24.0 Å². The Kier molecular flexibility index (Phi) is 3.28. The third kappa shape index (κ3) is 2.25. The monoisotopic (exact) mass is 206 g/mol. The minimum Gasteiger partial charge on any atom is -0.295 e. The number of carbonyl (C=O) groups excluding carboxylic acids is 2. The molecule has 1 rings (SSSR count). The smallest absolute Gasteiger partial charge is 0.163 e. The average molecular weight is 206 g/mol. The Bertz CT molecular complexity index is 346. The van der Waals surface area contributed by atoms with Crippen molar-refractivity contribution in [2.45, 2.75) is 40.0 Å². The molecule has 0 atom stereocenters. The van der Waals surface area contributed by atoms with Crippen LogP contribution >= 0.6 is 0 Å². The van der Waals surface area contributed by atoms with Crippen molar-refractivity contribution in [1.29, 1.82) is 0 Å². The van der Waals surface area contributed by atoms with Crippen molar-refractivity contribution in [3.05, 3.63) is 23.8 Å². The summed E-state index contributed by atoms with van der Waals surface area (Å²) in [4.78, 5) is 23.5. The van der Waals surface area contributed by atoms with Gasteiger partial charge in [-0.3, -0.25) is 9.59 Å². The van der Waals surface area contributed by atoms with Gasteiger partial charge in [-0.05, 0) is 24.3 Å². The zero-order valence-electron chi connectivity index (χ0n) is 9.72. The van der Waals surface area contributed by atoms with E-state index in [9.17, 15) is 9.59 Å². The number of rotatable bonds is 3. The molecule has 0 bridgehead atoms. The first-order chi connectivity index (χ1) is 6.90. The maximum absolute atomic E-state index is 11.9. The molecule has 2 heteroatoms. The first-order valence-corrected chi connectivity index (χ1v) is 5.29. The fraction of sp³-hybridized carbons (Fsp3) is 0.538. The summed E-state index contributed by atoms with van der Waals surface area (Å²) in [7, 11) is 0. The van der Waals surface area contributed by atoms with E-state index in [-0.39, 0.29) is 17.0 Å². The molecule has 0 unspecified atom stereocenters. The van der Waals surface area contributed by atoms with Crippen LogP contribution < -0.4 is 0 Å². The fourth-order valence-electron chi connectivity index (χ4n) is 2.21. The van der Waals surface area contributed by atoms with Gasteiger partial charge in [-0.15, -0.1) is 6.58 Å². The normalized spacial score (nSPS) is 20.3. The van der Waals surface area contributed by atoms with Gasteiger partial charge in [0.15, 0.2) is 11.6 Å². The van der Waals surface area contributed by atoms with Crippen molar-refractivity contribution in [2.75, 3.05) is 0 Å². The molecule has 0 heterocycles. The number of Topliss-reactive ketones (excluding diaryl/α,β-unsaturated/α-hetero) is 2. The van der Waals surface area contributed by atoms with Crippen molar-refractivity contribution in [2.24, 2.45) is 5.41 Å². The summed E-state index contributed by atoms with van der Waals surface area (Å²) in [5.41, 5.74) is 1.19. The van der Waals surface area contributed by atoms with Crippen molar-refractivity contribution in [3.63, 3.8) is 0 Å². The SMILES string of the molecule is C=CCC(=O)C1=C(C)C(=O)CCC1(C)C. The van der Waals surface area contributed by atoms with Gasteiger partial charge in [0, 0.05) is 18.4 Å². The topological polar surface area (TPSA) is 34.1 Å². The molecule has 0 amide bonds. The highest BCUT2D eigenvalue weighted by atomic mass is 16.1. The van der Waals surface area contributed by atoms with Gasteiger partial charge in [-0.2, -0.15) is 0 Å². The number of allylic oxidation sites excluding steroid dienone is 3. The van der Waals surface area contributed by atoms with E-state index < -0.39 is 0 Å². The lowest BCUT2D eigenvalue weighted by Gasteiger charge is -2.32. The Morgan fingerprint density at radius 3 is 2.67 bits per heavy atom. The molecule has 0 saturated heterocycles.